The zero-order chi connectivity index (χ0) is 17.4. The molecule has 0 spiro atoms. The van der Waals surface area contributed by atoms with E-state index in [0.29, 0.717) is 27.9 Å². The second kappa shape index (κ2) is 6.11. The molecule has 0 saturated heterocycles. The van der Waals surface area contributed by atoms with E-state index in [9.17, 15) is 14.4 Å². The normalized spacial score (nSPS) is 12.5. The summed E-state index contributed by atoms with van der Waals surface area (Å²) in [6, 6.07) is 15.4. The van der Waals surface area contributed by atoms with Crippen LogP contribution in [-0.2, 0) is 11.2 Å². The molecule has 4 rings (SSSR count). The van der Waals surface area contributed by atoms with Gasteiger partial charge in [0.25, 0.3) is 0 Å². The van der Waals surface area contributed by atoms with Crippen molar-refractivity contribution in [1.82, 2.24) is 0 Å². The summed E-state index contributed by atoms with van der Waals surface area (Å²) in [5.41, 5.74) is 2.05. The third-order valence-electron chi connectivity index (χ3n) is 4.12. The predicted molar refractivity (Wildman–Crippen MR) is 96.4 cm³/mol. The molecule has 1 aromatic heterocycles. The quantitative estimate of drug-likeness (QED) is 0.614. The molecule has 4 nitrogen and oxygen atoms in total. The number of benzene rings is 2. The molecule has 2 aromatic carbocycles. The molecule has 0 bridgehead atoms. The third-order valence-corrected chi connectivity index (χ3v) is 5.00. The van der Waals surface area contributed by atoms with Crippen LogP contribution < -0.4 is 5.32 Å². The second-order valence-electron chi connectivity index (χ2n) is 5.77. The Kier molecular flexibility index (Phi) is 3.78. The van der Waals surface area contributed by atoms with Crippen LogP contribution in [0.25, 0.3) is 0 Å². The molecule has 0 radical (unpaired) electrons. The van der Waals surface area contributed by atoms with Crippen LogP contribution in [0.2, 0.25) is 0 Å². The van der Waals surface area contributed by atoms with E-state index in [1.54, 1.807) is 42.5 Å². The molecule has 122 valence electrons. The fourth-order valence-corrected chi connectivity index (χ4v) is 3.66. The molecule has 0 fully saturated rings. The summed E-state index contributed by atoms with van der Waals surface area (Å²) in [5, 5.41) is 4.71. The Morgan fingerprint density at radius 1 is 0.840 bits per heavy atom. The van der Waals surface area contributed by atoms with Gasteiger partial charge in [0, 0.05) is 32.8 Å². The number of anilines is 1. The van der Waals surface area contributed by atoms with E-state index in [0.717, 1.165) is 4.88 Å². The fourth-order valence-electron chi connectivity index (χ4n) is 2.95. The smallest absolute Gasteiger partial charge is 0.229 e. The van der Waals surface area contributed by atoms with Crippen LogP contribution >= 0.6 is 11.3 Å². The highest BCUT2D eigenvalue weighted by atomic mass is 32.1. The first-order valence-corrected chi connectivity index (χ1v) is 8.66. The number of fused-ring (bicyclic) bond motifs is 2. The van der Waals surface area contributed by atoms with E-state index in [2.05, 4.69) is 5.32 Å². The average Bonchev–Trinajstić information content (AvgIpc) is 3.12. The van der Waals surface area contributed by atoms with Gasteiger partial charge in [0.2, 0.25) is 5.91 Å². The predicted octanol–water partition coefficient (Wildman–Crippen LogP) is 3.70. The fraction of sp³-hybridized carbons (Fsp3) is 0.0500. The van der Waals surface area contributed by atoms with E-state index in [1.807, 2.05) is 17.5 Å². The molecule has 25 heavy (non-hydrogen) atoms. The Bertz CT molecular complexity index is 1010. The number of hydrogen-bond acceptors (Lipinski definition) is 4. The van der Waals surface area contributed by atoms with Gasteiger partial charge in [-0.1, -0.05) is 30.3 Å². The molecule has 1 heterocycles. The van der Waals surface area contributed by atoms with E-state index in [1.165, 1.54) is 11.3 Å². The zero-order valence-corrected chi connectivity index (χ0v) is 13.9. The van der Waals surface area contributed by atoms with Crippen molar-refractivity contribution < 1.29 is 14.4 Å². The molecular weight excluding hydrogens is 334 g/mol. The van der Waals surface area contributed by atoms with Crippen molar-refractivity contribution in [2.45, 2.75) is 6.42 Å². The number of ketones is 2. The third kappa shape index (κ3) is 2.79. The van der Waals surface area contributed by atoms with Gasteiger partial charge in [-0.25, -0.2) is 0 Å². The van der Waals surface area contributed by atoms with Gasteiger partial charge in [-0.3, -0.25) is 14.4 Å². The molecular formula is C20H13NO3S. The van der Waals surface area contributed by atoms with Crippen molar-refractivity contribution in [3.63, 3.8) is 0 Å². The Morgan fingerprint density at radius 2 is 1.52 bits per heavy atom. The first-order valence-electron chi connectivity index (χ1n) is 7.78. The first kappa shape index (κ1) is 15.5. The number of thiophene rings is 1. The number of carbonyl (C=O) groups excluding carboxylic acids is 3. The number of amides is 1. The minimum Gasteiger partial charge on any atom is -0.326 e. The summed E-state index contributed by atoms with van der Waals surface area (Å²) in [5.74, 6) is -0.515. The van der Waals surface area contributed by atoms with E-state index >= 15 is 0 Å². The Balaban J connectivity index is 1.63. The lowest BCUT2D eigenvalue weighted by Gasteiger charge is -2.18. The van der Waals surface area contributed by atoms with Gasteiger partial charge in [0.05, 0.1) is 6.42 Å². The highest BCUT2D eigenvalue weighted by Crippen LogP contribution is 2.29. The summed E-state index contributed by atoms with van der Waals surface area (Å²) < 4.78 is 0. The topological polar surface area (TPSA) is 63.2 Å². The van der Waals surface area contributed by atoms with Crippen LogP contribution in [0.3, 0.4) is 0 Å². The summed E-state index contributed by atoms with van der Waals surface area (Å²) >= 11 is 1.52. The number of nitrogens with one attached hydrogen (secondary N) is 1. The van der Waals surface area contributed by atoms with Crippen molar-refractivity contribution in [1.29, 1.82) is 0 Å². The van der Waals surface area contributed by atoms with E-state index in [4.69, 9.17) is 0 Å². The van der Waals surface area contributed by atoms with E-state index in [-0.39, 0.29) is 23.9 Å². The summed E-state index contributed by atoms with van der Waals surface area (Å²) in [6.45, 7) is 0. The van der Waals surface area contributed by atoms with Gasteiger partial charge < -0.3 is 5.32 Å². The lowest BCUT2D eigenvalue weighted by Crippen LogP contribution is -2.21. The van der Waals surface area contributed by atoms with Gasteiger partial charge >= 0.3 is 0 Å². The van der Waals surface area contributed by atoms with Crippen LogP contribution in [0.1, 0.15) is 36.7 Å². The second-order valence-corrected chi connectivity index (χ2v) is 6.80. The van der Waals surface area contributed by atoms with Gasteiger partial charge in [0.15, 0.2) is 11.6 Å². The van der Waals surface area contributed by atoms with Crippen LogP contribution in [0.4, 0.5) is 5.69 Å². The first-order chi connectivity index (χ1) is 12.1. The molecule has 5 heteroatoms. The molecule has 3 aromatic rings. The minimum atomic E-state index is -0.195. The van der Waals surface area contributed by atoms with Crippen molar-refractivity contribution in [2.75, 3.05) is 5.32 Å². The highest BCUT2D eigenvalue weighted by molar-refractivity contribution is 7.10. The van der Waals surface area contributed by atoms with Gasteiger partial charge in [-0.2, -0.15) is 0 Å². The maximum atomic E-state index is 12.7. The SMILES string of the molecule is O=C(Cc1cccs1)Nc1ccc2c(c1)C(=O)c1ccccc1C2=O. The van der Waals surface area contributed by atoms with Gasteiger partial charge in [0.1, 0.15) is 0 Å². The van der Waals surface area contributed by atoms with Crippen molar-refractivity contribution in [3.05, 3.63) is 87.1 Å². The van der Waals surface area contributed by atoms with Gasteiger partial charge in [-0.05, 0) is 29.6 Å². The maximum absolute atomic E-state index is 12.7. The Morgan fingerprint density at radius 3 is 2.20 bits per heavy atom. The Labute approximate surface area is 148 Å². The van der Waals surface area contributed by atoms with Crippen LogP contribution in [0.5, 0.6) is 0 Å². The molecule has 0 aliphatic heterocycles. The monoisotopic (exact) mass is 347 g/mol. The molecule has 0 saturated carbocycles. The summed E-state index contributed by atoms with van der Waals surface area (Å²) in [4.78, 5) is 38.3. The van der Waals surface area contributed by atoms with Gasteiger partial charge in [-0.15, -0.1) is 11.3 Å². The van der Waals surface area contributed by atoms with Crippen LogP contribution in [0, 0.1) is 0 Å². The molecule has 0 atom stereocenters. The highest BCUT2D eigenvalue weighted by Gasteiger charge is 2.29. The number of hydrogen-bond donors (Lipinski definition) is 1. The molecule has 1 aliphatic carbocycles. The Hall–Kier alpha value is -3.05. The van der Waals surface area contributed by atoms with Crippen molar-refractivity contribution >= 4 is 34.5 Å². The van der Waals surface area contributed by atoms with E-state index < -0.39 is 0 Å². The summed E-state index contributed by atoms with van der Waals surface area (Å²) in [7, 11) is 0. The molecule has 0 unspecified atom stereocenters. The van der Waals surface area contributed by atoms with Crippen LogP contribution in [0.15, 0.2) is 60.0 Å². The number of rotatable bonds is 3. The van der Waals surface area contributed by atoms with Crippen molar-refractivity contribution in [3.8, 4) is 0 Å². The minimum absolute atomic E-state index is 0.155. The lowest BCUT2D eigenvalue weighted by atomic mass is 9.84. The average molecular weight is 347 g/mol. The van der Waals surface area contributed by atoms with Crippen LogP contribution in [-0.4, -0.2) is 17.5 Å². The summed E-state index contributed by atoms with van der Waals surface area (Å²) in [6.07, 6.45) is 0.282. The molecule has 1 aliphatic rings. The number of carbonyl (C=O) groups is 3. The lowest BCUT2D eigenvalue weighted by molar-refractivity contribution is -0.115. The largest absolute Gasteiger partial charge is 0.326 e. The maximum Gasteiger partial charge on any atom is 0.229 e. The standard InChI is InChI=1S/C20H13NO3S/c22-18(11-13-4-3-9-25-13)21-12-7-8-16-17(10-12)20(24)15-6-2-1-5-14(15)19(16)23/h1-10H,11H2,(H,21,22). The molecule has 1 amide bonds. The zero-order valence-electron chi connectivity index (χ0n) is 13.1. The molecule has 1 N–H and O–H groups in total. The van der Waals surface area contributed by atoms with Crippen molar-refractivity contribution in [2.24, 2.45) is 0 Å².